The molecular weight excluding hydrogens is 386 g/mol. The maximum absolute atomic E-state index is 6.01. The van der Waals surface area contributed by atoms with Gasteiger partial charge in [-0.05, 0) is 75.2 Å². The Morgan fingerprint density at radius 2 is 2.10 bits per heavy atom. The highest BCUT2D eigenvalue weighted by Crippen LogP contribution is 2.35. The van der Waals surface area contributed by atoms with Gasteiger partial charge in [0, 0.05) is 12.6 Å². The molecule has 2 unspecified atom stereocenters. The molecule has 0 aliphatic carbocycles. The number of hydrogen-bond acceptors (Lipinski definition) is 3. The molecule has 1 aliphatic rings. The van der Waals surface area contributed by atoms with Crippen molar-refractivity contribution in [3.05, 3.63) is 26.6 Å². The van der Waals surface area contributed by atoms with E-state index in [4.69, 9.17) is 15.2 Å². The van der Waals surface area contributed by atoms with E-state index in [1.54, 1.807) is 0 Å². The van der Waals surface area contributed by atoms with Crippen molar-refractivity contribution in [1.82, 2.24) is 0 Å². The van der Waals surface area contributed by atoms with Gasteiger partial charge in [-0.25, -0.2) is 0 Å². The number of ether oxygens (including phenoxy) is 2. The zero-order valence-electron chi connectivity index (χ0n) is 11.7. The van der Waals surface area contributed by atoms with Crippen molar-refractivity contribution in [2.75, 3.05) is 13.2 Å². The second-order valence-corrected chi connectivity index (χ2v) is 6.92. The lowest BCUT2D eigenvalue weighted by molar-refractivity contribution is 0.0674. The standard InChI is InChI=1S/C15H21Br2NO2/c1-2-11(18)6-10-7-13(16)15(14(17)8-10)20-9-12-4-3-5-19-12/h7-8,11-12H,2-6,9,18H2,1H3. The first-order valence-electron chi connectivity index (χ1n) is 7.08. The van der Waals surface area contributed by atoms with Crippen LogP contribution < -0.4 is 10.5 Å². The molecule has 1 aliphatic heterocycles. The van der Waals surface area contributed by atoms with Gasteiger partial charge in [-0.1, -0.05) is 6.92 Å². The summed E-state index contributed by atoms with van der Waals surface area (Å²) in [6.07, 6.45) is 4.29. The zero-order chi connectivity index (χ0) is 14.5. The van der Waals surface area contributed by atoms with Crippen LogP contribution in [-0.2, 0) is 11.2 Å². The summed E-state index contributed by atoms with van der Waals surface area (Å²) >= 11 is 7.17. The predicted octanol–water partition coefficient (Wildman–Crippen LogP) is 4.05. The molecule has 3 nitrogen and oxygen atoms in total. The predicted molar refractivity (Wildman–Crippen MR) is 88.3 cm³/mol. The highest BCUT2D eigenvalue weighted by molar-refractivity contribution is 9.11. The maximum atomic E-state index is 6.01. The van der Waals surface area contributed by atoms with Gasteiger partial charge < -0.3 is 15.2 Å². The summed E-state index contributed by atoms with van der Waals surface area (Å²) < 4.78 is 13.4. The Hall–Kier alpha value is -0.100. The van der Waals surface area contributed by atoms with Gasteiger partial charge in [-0.3, -0.25) is 0 Å². The van der Waals surface area contributed by atoms with Crippen molar-refractivity contribution in [3.8, 4) is 5.75 Å². The van der Waals surface area contributed by atoms with E-state index in [1.807, 2.05) is 0 Å². The minimum Gasteiger partial charge on any atom is -0.489 e. The van der Waals surface area contributed by atoms with Crippen LogP contribution in [0.15, 0.2) is 21.1 Å². The van der Waals surface area contributed by atoms with Crippen LogP contribution in [0.4, 0.5) is 0 Å². The van der Waals surface area contributed by atoms with Crippen molar-refractivity contribution in [1.29, 1.82) is 0 Å². The van der Waals surface area contributed by atoms with Crippen LogP contribution in [-0.4, -0.2) is 25.4 Å². The SMILES string of the molecule is CCC(N)Cc1cc(Br)c(OCC2CCCO2)c(Br)c1. The molecule has 1 fully saturated rings. The van der Waals surface area contributed by atoms with E-state index in [-0.39, 0.29) is 12.1 Å². The topological polar surface area (TPSA) is 44.5 Å². The summed E-state index contributed by atoms with van der Waals surface area (Å²) in [5.74, 6) is 0.842. The van der Waals surface area contributed by atoms with Crippen LogP contribution in [0.1, 0.15) is 31.7 Å². The second-order valence-electron chi connectivity index (χ2n) is 5.21. The monoisotopic (exact) mass is 405 g/mol. The molecule has 0 amide bonds. The van der Waals surface area contributed by atoms with Crippen LogP contribution in [0.5, 0.6) is 5.75 Å². The lowest BCUT2D eigenvalue weighted by Gasteiger charge is -2.16. The molecule has 5 heteroatoms. The third kappa shape index (κ3) is 4.45. The van der Waals surface area contributed by atoms with Crippen molar-refractivity contribution >= 4 is 31.9 Å². The molecule has 1 aromatic carbocycles. The molecule has 0 aromatic heterocycles. The highest BCUT2D eigenvalue weighted by atomic mass is 79.9. The number of halogens is 2. The molecule has 20 heavy (non-hydrogen) atoms. The number of benzene rings is 1. The molecule has 1 saturated heterocycles. The molecule has 2 atom stereocenters. The Balaban J connectivity index is 2.01. The van der Waals surface area contributed by atoms with Crippen molar-refractivity contribution in [2.45, 2.75) is 44.8 Å². The van der Waals surface area contributed by atoms with Crippen molar-refractivity contribution < 1.29 is 9.47 Å². The van der Waals surface area contributed by atoms with E-state index >= 15 is 0 Å². The van der Waals surface area contributed by atoms with Crippen molar-refractivity contribution in [3.63, 3.8) is 0 Å². The fourth-order valence-corrected chi connectivity index (χ4v) is 3.78. The first-order valence-corrected chi connectivity index (χ1v) is 8.66. The van der Waals surface area contributed by atoms with Crippen LogP contribution in [0.25, 0.3) is 0 Å². The molecule has 1 aromatic rings. The van der Waals surface area contributed by atoms with E-state index in [0.717, 1.165) is 47.0 Å². The summed E-state index contributed by atoms with van der Waals surface area (Å²) in [7, 11) is 0. The highest BCUT2D eigenvalue weighted by Gasteiger charge is 2.18. The van der Waals surface area contributed by atoms with Crippen LogP contribution in [0, 0.1) is 0 Å². The van der Waals surface area contributed by atoms with E-state index in [2.05, 4.69) is 50.9 Å². The van der Waals surface area contributed by atoms with Gasteiger partial charge in [-0.2, -0.15) is 0 Å². The Morgan fingerprint density at radius 1 is 1.40 bits per heavy atom. The van der Waals surface area contributed by atoms with E-state index in [0.29, 0.717) is 6.61 Å². The Bertz CT molecular complexity index is 424. The third-order valence-corrected chi connectivity index (χ3v) is 4.70. The first kappa shape index (κ1) is 16.3. The van der Waals surface area contributed by atoms with E-state index < -0.39 is 0 Å². The van der Waals surface area contributed by atoms with Crippen LogP contribution in [0.3, 0.4) is 0 Å². The van der Waals surface area contributed by atoms with Gasteiger partial charge in [0.15, 0.2) is 0 Å². The molecule has 0 radical (unpaired) electrons. The Labute approximate surface area is 137 Å². The molecule has 0 bridgehead atoms. The van der Waals surface area contributed by atoms with Crippen molar-refractivity contribution in [2.24, 2.45) is 5.73 Å². The van der Waals surface area contributed by atoms with Gasteiger partial charge in [0.2, 0.25) is 0 Å². The van der Waals surface area contributed by atoms with Gasteiger partial charge in [0.25, 0.3) is 0 Å². The zero-order valence-corrected chi connectivity index (χ0v) is 14.9. The molecule has 2 N–H and O–H groups in total. The van der Waals surface area contributed by atoms with Gasteiger partial charge in [-0.15, -0.1) is 0 Å². The summed E-state index contributed by atoms with van der Waals surface area (Å²) in [6, 6.07) is 4.38. The average Bonchev–Trinajstić information content (AvgIpc) is 2.90. The van der Waals surface area contributed by atoms with E-state index in [1.165, 1.54) is 5.56 Å². The number of rotatable bonds is 6. The minimum absolute atomic E-state index is 0.201. The van der Waals surface area contributed by atoms with Gasteiger partial charge in [0.1, 0.15) is 12.4 Å². The summed E-state index contributed by atoms with van der Waals surface area (Å²) in [4.78, 5) is 0. The smallest absolute Gasteiger partial charge is 0.147 e. The number of hydrogen-bond donors (Lipinski definition) is 1. The Kier molecular flexibility index (Phi) is 6.33. The molecule has 1 heterocycles. The normalized spacial score (nSPS) is 20.1. The fourth-order valence-electron chi connectivity index (χ4n) is 2.27. The van der Waals surface area contributed by atoms with Crippen LogP contribution >= 0.6 is 31.9 Å². The van der Waals surface area contributed by atoms with Crippen LogP contribution in [0.2, 0.25) is 0 Å². The fraction of sp³-hybridized carbons (Fsp3) is 0.600. The Morgan fingerprint density at radius 3 is 2.65 bits per heavy atom. The lowest BCUT2D eigenvalue weighted by atomic mass is 10.0. The summed E-state index contributed by atoms with van der Waals surface area (Å²) in [5, 5.41) is 0. The molecule has 112 valence electrons. The quantitative estimate of drug-likeness (QED) is 0.774. The largest absolute Gasteiger partial charge is 0.489 e. The lowest BCUT2D eigenvalue weighted by Crippen LogP contribution is -2.21. The van der Waals surface area contributed by atoms with E-state index in [9.17, 15) is 0 Å². The third-order valence-electron chi connectivity index (χ3n) is 3.52. The molecular formula is C15H21Br2NO2. The first-order chi connectivity index (χ1) is 9.60. The molecule has 2 rings (SSSR count). The van der Waals surface area contributed by atoms with Gasteiger partial charge in [0.05, 0.1) is 15.0 Å². The van der Waals surface area contributed by atoms with Gasteiger partial charge >= 0.3 is 0 Å². The number of nitrogens with two attached hydrogens (primary N) is 1. The minimum atomic E-state index is 0.201. The summed E-state index contributed by atoms with van der Waals surface area (Å²) in [5.41, 5.74) is 7.22. The molecule has 0 spiro atoms. The average molecular weight is 407 g/mol. The molecule has 0 saturated carbocycles. The second kappa shape index (κ2) is 7.78. The summed E-state index contributed by atoms with van der Waals surface area (Å²) in [6.45, 7) is 3.56. The maximum Gasteiger partial charge on any atom is 0.147 e.